The van der Waals surface area contributed by atoms with E-state index >= 15 is 0 Å². The molecule has 1 aromatic heterocycles. The highest BCUT2D eigenvalue weighted by Gasteiger charge is 2.05. The second-order valence-electron chi connectivity index (χ2n) is 3.28. The summed E-state index contributed by atoms with van der Waals surface area (Å²) in [6, 6.07) is 7.30. The van der Waals surface area contributed by atoms with Crippen LogP contribution in [0.2, 0.25) is 0 Å². The predicted molar refractivity (Wildman–Crippen MR) is 58.9 cm³/mol. The fourth-order valence-corrected chi connectivity index (χ4v) is 1.25. The lowest BCUT2D eigenvalue weighted by Gasteiger charge is -2.05. The van der Waals surface area contributed by atoms with Crippen LogP contribution < -0.4 is 10.5 Å². The third kappa shape index (κ3) is 2.31. The van der Waals surface area contributed by atoms with Crippen LogP contribution in [-0.4, -0.2) is 10.1 Å². The van der Waals surface area contributed by atoms with Gasteiger partial charge < -0.3 is 15.0 Å². The van der Waals surface area contributed by atoms with Crippen molar-refractivity contribution < 1.29 is 9.26 Å². The average Bonchev–Trinajstić information content (AvgIpc) is 2.76. The van der Waals surface area contributed by atoms with Crippen LogP contribution in [0.5, 0.6) is 5.75 Å². The molecule has 0 atom stereocenters. The number of aryl methyl sites for hydroxylation is 1. The zero-order chi connectivity index (χ0) is 11.4. The molecule has 0 unspecified atom stereocenters. The number of hydrogen-bond acceptors (Lipinski definition) is 5. The van der Waals surface area contributed by atoms with Gasteiger partial charge in [-0.3, -0.25) is 0 Å². The number of benzene rings is 1. The van der Waals surface area contributed by atoms with Crippen LogP contribution >= 0.6 is 0 Å². The van der Waals surface area contributed by atoms with Gasteiger partial charge in [0.25, 0.3) is 0 Å². The highest BCUT2D eigenvalue weighted by atomic mass is 16.5. The highest BCUT2D eigenvalue weighted by Crippen LogP contribution is 2.20. The number of anilines is 1. The summed E-state index contributed by atoms with van der Waals surface area (Å²) in [7, 11) is 0. The fraction of sp³-hybridized carbons (Fsp3) is 0.273. The number of aromatic nitrogens is 2. The number of rotatable bonds is 4. The first kappa shape index (κ1) is 10.5. The molecular weight excluding hydrogens is 206 g/mol. The Labute approximate surface area is 93.2 Å². The molecule has 0 aliphatic heterocycles. The van der Waals surface area contributed by atoms with Gasteiger partial charge in [0.15, 0.2) is 6.61 Å². The van der Waals surface area contributed by atoms with Gasteiger partial charge in [-0.05, 0) is 12.1 Å². The molecule has 16 heavy (non-hydrogen) atoms. The van der Waals surface area contributed by atoms with E-state index in [4.69, 9.17) is 15.0 Å². The molecule has 0 amide bonds. The lowest BCUT2D eigenvalue weighted by molar-refractivity contribution is 0.286. The molecule has 5 nitrogen and oxygen atoms in total. The maximum atomic E-state index is 5.73. The molecule has 2 rings (SSSR count). The molecule has 0 saturated heterocycles. The Morgan fingerprint density at radius 3 is 2.88 bits per heavy atom. The maximum absolute atomic E-state index is 5.73. The molecular formula is C11H13N3O2. The second-order valence-corrected chi connectivity index (χ2v) is 3.28. The summed E-state index contributed by atoms with van der Waals surface area (Å²) in [6.07, 6.45) is 0.723. The molecule has 84 valence electrons. The smallest absolute Gasteiger partial charge is 0.226 e. The van der Waals surface area contributed by atoms with Crippen molar-refractivity contribution in [1.29, 1.82) is 0 Å². The Morgan fingerprint density at radius 2 is 2.19 bits per heavy atom. The number of para-hydroxylation sites is 2. The molecule has 0 fully saturated rings. The quantitative estimate of drug-likeness (QED) is 0.793. The molecule has 1 aromatic carbocycles. The van der Waals surface area contributed by atoms with Gasteiger partial charge in [-0.15, -0.1) is 0 Å². The van der Waals surface area contributed by atoms with Gasteiger partial charge in [0.05, 0.1) is 5.69 Å². The van der Waals surface area contributed by atoms with Crippen LogP contribution in [0.4, 0.5) is 5.69 Å². The Balaban J connectivity index is 1.99. The van der Waals surface area contributed by atoms with Gasteiger partial charge in [-0.1, -0.05) is 24.2 Å². The topological polar surface area (TPSA) is 74.2 Å². The first-order valence-electron chi connectivity index (χ1n) is 5.08. The van der Waals surface area contributed by atoms with Crippen LogP contribution in [-0.2, 0) is 13.0 Å². The number of nitrogen functional groups attached to an aromatic ring is 1. The van der Waals surface area contributed by atoms with E-state index in [0.717, 1.165) is 6.42 Å². The minimum absolute atomic E-state index is 0.262. The van der Waals surface area contributed by atoms with Crippen LogP contribution in [0.15, 0.2) is 28.8 Å². The summed E-state index contributed by atoms with van der Waals surface area (Å²) in [5.74, 6) is 1.77. The third-order valence-corrected chi connectivity index (χ3v) is 2.09. The largest absolute Gasteiger partial charge is 0.483 e. The minimum Gasteiger partial charge on any atom is -0.483 e. The minimum atomic E-state index is 0.262. The molecule has 0 radical (unpaired) electrons. The van der Waals surface area contributed by atoms with Crippen molar-refractivity contribution >= 4 is 5.69 Å². The molecule has 0 bridgehead atoms. The van der Waals surface area contributed by atoms with E-state index < -0.39 is 0 Å². The molecule has 0 aliphatic rings. The monoisotopic (exact) mass is 219 g/mol. The molecule has 5 heteroatoms. The molecule has 0 saturated carbocycles. The van der Waals surface area contributed by atoms with Crippen molar-refractivity contribution in [3.8, 4) is 5.75 Å². The SMILES string of the molecule is CCc1nc(COc2ccccc2N)no1. The van der Waals surface area contributed by atoms with E-state index in [1.807, 2.05) is 19.1 Å². The third-order valence-electron chi connectivity index (χ3n) is 2.09. The molecule has 2 aromatic rings. The zero-order valence-electron chi connectivity index (χ0n) is 9.01. The van der Waals surface area contributed by atoms with Crippen LogP contribution in [0.25, 0.3) is 0 Å². The number of hydrogen-bond donors (Lipinski definition) is 1. The highest BCUT2D eigenvalue weighted by molar-refractivity contribution is 5.51. The number of ether oxygens (including phenoxy) is 1. The second kappa shape index (κ2) is 4.65. The predicted octanol–water partition coefficient (Wildman–Crippen LogP) is 1.79. The van der Waals surface area contributed by atoms with E-state index in [0.29, 0.717) is 23.2 Å². The normalized spacial score (nSPS) is 10.3. The van der Waals surface area contributed by atoms with Crippen molar-refractivity contribution in [2.45, 2.75) is 20.0 Å². The Hall–Kier alpha value is -2.04. The lowest BCUT2D eigenvalue weighted by atomic mass is 10.3. The Kier molecular flexibility index (Phi) is 3.05. The number of nitrogens with zero attached hydrogens (tertiary/aromatic N) is 2. The lowest BCUT2D eigenvalue weighted by Crippen LogP contribution is -2.00. The van der Waals surface area contributed by atoms with E-state index in [2.05, 4.69) is 10.1 Å². The Morgan fingerprint density at radius 1 is 1.38 bits per heavy atom. The fourth-order valence-electron chi connectivity index (χ4n) is 1.25. The first-order valence-corrected chi connectivity index (χ1v) is 5.08. The van der Waals surface area contributed by atoms with E-state index in [-0.39, 0.29) is 6.61 Å². The van der Waals surface area contributed by atoms with Crippen molar-refractivity contribution in [3.63, 3.8) is 0 Å². The van der Waals surface area contributed by atoms with Crippen molar-refractivity contribution in [3.05, 3.63) is 36.0 Å². The summed E-state index contributed by atoms with van der Waals surface area (Å²) in [4.78, 5) is 4.13. The summed E-state index contributed by atoms with van der Waals surface area (Å²) in [6.45, 7) is 2.21. The van der Waals surface area contributed by atoms with Gasteiger partial charge in [0.1, 0.15) is 5.75 Å². The van der Waals surface area contributed by atoms with Gasteiger partial charge in [0, 0.05) is 6.42 Å². The van der Waals surface area contributed by atoms with Crippen LogP contribution in [0.3, 0.4) is 0 Å². The summed E-state index contributed by atoms with van der Waals surface area (Å²) in [5, 5.41) is 3.78. The van der Waals surface area contributed by atoms with E-state index in [1.165, 1.54) is 0 Å². The summed E-state index contributed by atoms with van der Waals surface area (Å²) < 4.78 is 10.4. The average molecular weight is 219 g/mol. The molecule has 1 heterocycles. The van der Waals surface area contributed by atoms with Crippen molar-refractivity contribution in [2.24, 2.45) is 0 Å². The van der Waals surface area contributed by atoms with E-state index in [9.17, 15) is 0 Å². The molecule has 0 spiro atoms. The van der Waals surface area contributed by atoms with Crippen LogP contribution in [0.1, 0.15) is 18.6 Å². The summed E-state index contributed by atoms with van der Waals surface area (Å²) in [5.41, 5.74) is 6.33. The maximum Gasteiger partial charge on any atom is 0.226 e. The van der Waals surface area contributed by atoms with Crippen molar-refractivity contribution in [2.75, 3.05) is 5.73 Å². The van der Waals surface area contributed by atoms with Gasteiger partial charge >= 0.3 is 0 Å². The zero-order valence-corrected chi connectivity index (χ0v) is 9.01. The summed E-state index contributed by atoms with van der Waals surface area (Å²) >= 11 is 0. The molecule has 2 N–H and O–H groups in total. The van der Waals surface area contributed by atoms with Crippen molar-refractivity contribution in [1.82, 2.24) is 10.1 Å². The standard InChI is InChI=1S/C11H13N3O2/c1-2-11-13-10(14-16-11)7-15-9-6-4-3-5-8(9)12/h3-6H,2,7,12H2,1H3. The molecule has 0 aliphatic carbocycles. The van der Waals surface area contributed by atoms with Gasteiger partial charge in [0.2, 0.25) is 11.7 Å². The van der Waals surface area contributed by atoms with Gasteiger partial charge in [-0.25, -0.2) is 0 Å². The van der Waals surface area contributed by atoms with E-state index in [1.54, 1.807) is 12.1 Å². The number of nitrogens with two attached hydrogens (primary N) is 1. The first-order chi connectivity index (χ1) is 7.79. The van der Waals surface area contributed by atoms with Gasteiger partial charge in [-0.2, -0.15) is 4.98 Å². The Bertz CT molecular complexity index is 468. The van der Waals surface area contributed by atoms with Crippen LogP contribution in [0, 0.1) is 0 Å².